The Labute approximate surface area is 180 Å². The molecule has 0 spiro atoms. The number of rotatable bonds is 4. The molecule has 0 aromatic heterocycles. The van der Waals surface area contributed by atoms with Gasteiger partial charge in [-0.1, -0.05) is 12.5 Å². The van der Waals surface area contributed by atoms with Crippen LogP contribution >= 0.6 is 0 Å². The van der Waals surface area contributed by atoms with Crippen LogP contribution in [0.4, 0.5) is 21.5 Å². The van der Waals surface area contributed by atoms with Crippen LogP contribution in [0.15, 0.2) is 42.5 Å². The Morgan fingerprint density at radius 1 is 1.06 bits per heavy atom. The van der Waals surface area contributed by atoms with Crippen molar-refractivity contribution in [3.8, 4) is 0 Å². The molecule has 1 N–H and O–H groups in total. The number of fused-ring (bicyclic) bond motifs is 1. The predicted molar refractivity (Wildman–Crippen MR) is 115 cm³/mol. The van der Waals surface area contributed by atoms with Crippen LogP contribution in [0.5, 0.6) is 0 Å². The monoisotopic (exact) mass is 421 g/mol. The molecule has 2 fully saturated rings. The zero-order chi connectivity index (χ0) is 21.5. The number of carbonyl (C=O) groups is 3. The lowest BCUT2D eigenvalue weighted by Crippen LogP contribution is -2.37. The highest BCUT2D eigenvalue weighted by Crippen LogP contribution is 2.37. The summed E-state index contributed by atoms with van der Waals surface area (Å²) in [5.74, 6) is -0.961. The average molecular weight is 421 g/mol. The zero-order valence-corrected chi connectivity index (χ0v) is 17.1. The minimum Gasteiger partial charge on any atom is -0.326 e. The topological polar surface area (TPSA) is 69.7 Å². The van der Waals surface area contributed by atoms with E-state index in [2.05, 4.69) is 5.32 Å². The van der Waals surface area contributed by atoms with Crippen LogP contribution in [0, 0.1) is 17.7 Å². The molecule has 1 aliphatic carbocycles. The largest absolute Gasteiger partial charge is 0.326 e. The van der Waals surface area contributed by atoms with Gasteiger partial charge in [0.1, 0.15) is 5.82 Å². The Balaban J connectivity index is 1.28. The number of anilines is 3. The summed E-state index contributed by atoms with van der Waals surface area (Å²) in [6.45, 7) is 0.963. The fourth-order valence-electron chi connectivity index (χ4n) is 4.60. The molecule has 6 nitrogen and oxygen atoms in total. The molecule has 0 radical (unpaired) electrons. The number of nitrogens with zero attached hydrogens (tertiary/aromatic N) is 2. The summed E-state index contributed by atoms with van der Waals surface area (Å²) in [6.07, 6.45) is 3.97. The van der Waals surface area contributed by atoms with E-state index in [0.717, 1.165) is 42.6 Å². The summed E-state index contributed by atoms with van der Waals surface area (Å²) in [5, 5.41) is 2.70. The Morgan fingerprint density at radius 3 is 2.65 bits per heavy atom. The molecule has 3 amide bonds. The summed E-state index contributed by atoms with van der Waals surface area (Å²) < 4.78 is 13.4. The lowest BCUT2D eigenvalue weighted by molar-refractivity contribution is -0.124. The molecule has 1 saturated carbocycles. The zero-order valence-electron chi connectivity index (χ0n) is 17.1. The van der Waals surface area contributed by atoms with Gasteiger partial charge >= 0.3 is 0 Å². The van der Waals surface area contributed by atoms with Crippen molar-refractivity contribution in [3.63, 3.8) is 0 Å². The average Bonchev–Trinajstić information content (AvgIpc) is 3.29. The van der Waals surface area contributed by atoms with Crippen molar-refractivity contribution in [2.24, 2.45) is 11.8 Å². The second-order valence-corrected chi connectivity index (χ2v) is 8.59. The van der Waals surface area contributed by atoms with Crippen LogP contribution in [0.25, 0.3) is 0 Å². The second-order valence-electron chi connectivity index (χ2n) is 8.59. The maximum Gasteiger partial charge on any atom is 0.230 e. The number of hydrogen-bond donors (Lipinski definition) is 1. The first kappa shape index (κ1) is 19.7. The summed E-state index contributed by atoms with van der Waals surface area (Å²) >= 11 is 0. The first-order valence-corrected chi connectivity index (χ1v) is 10.8. The third-order valence-corrected chi connectivity index (χ3v) is 6.58. The minimum atomic E-state index is -0.499. The van der Waals surface area contributed by atoms with E-state index >= 15 is 0 Å². The summed E-state index contributed by atoms with van der Waals surface area (Å²) in [4.78, 5) is 41.4. The fourth-order valence-corrected chi connectivity index (χ4v) is 4.60. The van der Waals surface area contributed by atoms with Crippen molar-refractivity contribution in [2.45, 2.75) is 32.1 Å². The highest BCUT2D eigenvalue weighted by molar-refractivity contribution is 6.04. The third kappa shape index (κ3) is 3.69. The van der Waals surface area contributed by atoms with Crippen LogP contribution in [0.2, 0.25) is 0 Å². The van der Waals surface area contributed by atoms with Gasteiger partial charge in [-0.2, -0.15) is 0 Å². The summed E-state index contributed by atoms with van der Waals surface area (Å²) in [6, 6.07) is 11.5. The van der Waals surface area contributed by atoms with Gasteiger partial charge < -0.3 is 15.1 Å². The van der Waals surface area contributed by atoms with Crippen LogP contribution in [-0.2, 0) is 20.8 Å². The number of hydrogen-bond acceptors (Lipinski definition) is 3. The van der Waals surface area contributed by atoms with Crippen molar-refractivity contribution in [3.05, 3.63) is 53.8 Å². The highest BCUT2D eigenvalue weighted by atomic mass is 19.1. The van der Waals surface area contributed by atoms with E-state index in [9.17, 15) is 18.8 Å². The molecule has 2 aliphatic heterocycles. The van der Waals surface area contributed by atoms with E-state index in [4.69, 9.17) is 0 Å². The standard InChI is InChI=1S/C24H24FN3O3/c25-18-5-2-6-19(13-18)26-23(30)17-12-22(29)28(14-17)20-7-8-21-16(11-20)9-10-27(21)24(31)15-3-1-4-15/h2,5-8,11,13,15,17H,1,3-4,9-10,12,14H2,(H,26,30)/t17-/m0/s1. The lowest BCUT2D eigenvalue weighted by Gasteiger charge is -2.29. The van der Waals surface area contributed by atoms with Gasteiger partial charge in [-0.15, -0.1) is 0 Å². The van der Waals surface area contributed by atoms with E-state index in [1.165, 1.54) is 18.2 Å². The van der Waals surface area contributed by atoms with E-state index in [-0.39, 0.29) is 36.6 Å². The highest BCUT2D eigenvalue weighted by Gasteiger charge is 2.37. The van der Waals surface area contributed by atoms with E-state index in [1.807, 2.05) is 23.1 Å². The molecule has 0 bridgehead atoms. The molecule has 31 heavy (non-hydrogen) atoms. The predicted octanol–water partition coefficient (Wildman–Crippen LogP) is 3.51. The van der Waals surface area contributed by atoms with Crippen LogP contribution in [0.1, 0.15) is 31.2 Å². The van der Waals surface area contributed by atoms with Crippen molar-refractivity contribution >= 4 is 34.8 Å². The van der Waals surface area contributed by atoms with Crippen molar-refractivity contribution in [1.82, 2.24) is 0 Å². The number of benzene rings is 2. The van der Waals surface area contributed by atoms with Crippen molar-refractivity contribution < 1.29 is 18.8 Å². The van der Waals surface area contributed by atoms with Crippen molar-refractivity contribution in [1.29, 1.82) is 0 Å². The lowest BCUT2D eigenvalue weighted by atomic mass is 9.84. The van der Waals surface area contributed by atoms with E-state index in [1.54, 1.807) is 11.0 Å². The van der Waals surface area contributed by atoms with Gasteiger partial charge in [-0.05, 0) is 61.2 Å². The van der Waals surface area contributed by atoms with Gasteiger partial charge in [0.25, 0.3) is 0 Å². The number of amides is 3. The molecule has 5 rings (SSSR count). The maximum absolute atomic E-state index is 13.4. The molecule has 2 aromatic rings. The normalized spacial score (nSPS) is 20.5. The first-order valence-electron chi connectivity index (χ1n) is 10.8. The molecular weight excluding hydrogens is 397 g/mol. The Morgan fingerprint density at radius 2 is 1.90 bits per heavy atom. The van der Waals surface area contributed by atoms with Crippen LogP contribution in [-0.4, -0.2) is 30.8 Å². The van der Waals surface area contributed by atoms with Gasteiger partial charge in [0, 0.05) is 42.5 Å². The van der Waals surface area contributed by atoms with Gasteiger partial charge in [0.05, 0.1) is 5.92 Å². The minimum absolute atomic E-state index is 0.111. The fraction of sp³-hybridized carbons (Fsp3) is 0.375. The molecule has 3 aliphatic rings. The number of carbonyl (C=O) groups excluding carboxylic acids is 3. The molecule has 2 heterocycles. The summed E-state index contributed by atoms with van der Waals surface area (Å²) in [7, 11) is 0. The molecule has 1 atom stereocenters. The summed E-state index contributed by atoms with van der Waals surface area (Å²) in [5.41, 5.74) is 3.13. The molecule has 2 aromatic carbocycles. The van der Waals surface area contributed by atoms with Crippen LogP contribution in [0.3, 0.4) is 0 Å². The molecule has 160 valence electrons. The van der Waals surface area contributed by atoms with Gasteiger partial charge in [0.2, 0.25) is 17.7 Å². The Kier molecular flexibility index (Phi) is 4.96. The van der Waals surface area contributed by atoms with E-state index in [0.29, 0.717) is 12.2 Å². The maximum atomic E-state index is 13.4. The van der Waals surface area contributed by atoms with Gasteiger partial charge in [-0.3, -0.25) is 14.4 Å². The first-order chi connectivity index (χ1) is 15.0. The molecule has 7 heteroatoms. The van der Waals surface area contributed by atoms with E-state index < -0.39 is 11.7 Å². The van der Waals surface area contributed by atoms with Gasteiger partial charge in [-0.25, -0.2) is 4.39 Å². The van der Waals surface area contributed by atoms with Crippen molar-refractivity contribution in [2.75, 3.05) is 28.2 Å². The second kappa shape index (κ2) is 7.80. The van der Waals surface area contributed by atoms with Gasteiger partial charge in [0.15, 0.2) is 0 Å². The third-order valence-electron chi connectivity index (χ3n) is 6.58. The van der Waals surface area contributed by atoms with Crippen LogP contribution < -0.4 is 15.1 Å². The molecular formula is C24H24FN3O3. The SMILES string of the molecule is O=C(Nc1cccc(F)c1)[C@H]1CC(=O)N(c2ccc3c(c2)CCN3C(=O)C2CCC2)C1. The molecule has 1 saturated heterocycles. The Hall–Kier alpha value is -3.22. The quantitative estimate of drug-likeness (QED) is 0.822. The number of nitrogens with one attached hydrogen (secondary N) is 1. The Bertz CT molecular complexity index is 1070. The molecule has 0 unspecified atom stereocenters. The smallest absolute Gasteiger partial charge is 0.230 e. The number of halogens is 1.